The Morgan fingerprint density at radius 2 is 2.15 bits per heavy atom. The van der Waals surface area contributed by atoms with Gasteiger partial charge < -0.3 is 14.5 Å². The van der Waals surface area contributed by atoms with Gasteiger partial charge in [-0.25, -0.2) is 4.39 Å². The first-order chi connectivity index (χ1) is 12.4. The van der Waals surface area contributed by atoms with Crippen molar-refractivity contribution in [2.45, 2.75) is 25.7 Å². The van der Waals surface area contributed by atoms with Crippen LogP contribution in [-0.4, -0.2) is 61.5 Å². The minimum atomic E-state index is -0.530. The molecule has 0 bridgehead atoms. The zero-order valence-corrected chi connectivity index (χ0v) is 15.7. The molecule has 2 saturated heterocycles. The van der Waals surface area contributed by atoms with Crippen molar-refractivity contribution in [2.24, 2.45) is 5.41 Å². The van der Waals surface area contributed by atoms with E-state index in [2.05, 4.69) is 0 Å². The predicted molar refractivity (Wildman–Crippen MR) is 96.7 cm³/mol. The molecule has 2 aliphatic rings. The van der Waals surface area contributed by atoms with Crippen LogP contribution < -0.4 is 0 Å². The van der Waals surface area contributed by atoms with Gasteiger partial charge in [-0.2, -0.15) is 0 Å². The molecule has 1 aromatic rings. The van der Waals surface area contributed by atoms with Crippen LogP contribution in [0.4, 0.5) is 4.39 Å². The smallest absolute Gasteiger partial charge is 0.253 e. The number of benzene rings is 1. The summed E-state index contributed by atoms with van der Waals surface area (Å²) in [6.07, 6.45) is 3.20. The second kappa shape index (κ2) is 7.92. The average molecular weight is 383 g/mol. The molecule has 2 amide bonds. The van der Waals surface area contributed by atoms with Crippen LogP contribution >= 0.6 is 11.6 Å². The fourth-order valence-corrected chi connectivity index (χ4v) is 4.21. The molecule has 0 N–H and O–H groups in total. The number of nitrogens with zero attached hydrogens (tertiary/aromatic N) is 2. The number of rotatable bonds is 4. The van der Waals surface area contributed by atoms with Crippen molar-refractivity contribution in [1.29, 1.82) is 0 Å². The number of piperidine rings is 2. The summed E-state index contributed by atoms with van der Waals surface area (Å²) < 4.78 is 18.5. The molecule has 26 heavy (non-hydrogen) atoms. The molecule has 0 saturated carbocycles. The molecule has 142 valence electrons. The van der Waals surface area contributed by atoms with Gasteiger partial charge in [-0.05, 0) is 37.5 Å². The molecule has 2 fully saturated rings. The predicted octanol–water partition coefficient (Wildman–Crippen LogP) is 2.97. The third-order valence-electron chi connectivity index (χ3n) is 5.43. The van der Waals surface area contributed by atoms with E-state index in [0.29, 0.717) is 44.8 Å². The van der Waals surface area contributed by atoms with Crippen molar-refractivity contribution >= 4 is 23.4 Å². The van der Waals surface area contributed by atoms with Crippen LogP contribution in [0.1, 0.15) is 36.0 Å². The Hall–Kier alpha value is -1.66. The Kier molecular flexibility index (Phi) is 5.82. The Bertz CT molecular complexity index is 699. The zero-order chi connectivity index (χ0) is 18.7. The summed E-state index contributed by atoms with van der Waals surface area (Å²) in [4.78, 5) is 28.7. The van der Waals surface area contributed by atoms with Gasteiger partial charge in [0.2, 0.25) is 5.91 Å². The summed E-state index contributed by atoms with van der Waals surface area (Å²) in [7, 11) is 1.62. The second-order valence-electron chi connectivity index (χ2n) is 7.27. The van der Waals surface area contributed by atoms with Crippen LogP contribution in [0.25, 0.3) is 0 Å². The van der Waals surface area contributed by atoms with E-state index in [4.69, 9.17) is 16.3 Å². The van der Waals surface area contributed by atoms with Gasteiger partial charge in [-0.15, -0.1) is 0 Å². The number of carbonyl (C=O) groups is 2. The first-order valence-corrected chi connectivity index (χ1v) is 9.33. The van der Waals surface area contributed by atoms with Gasteiger partial charge in [0.05, 0.1) is 11.6 Å². The van der Waals surface area contributed by atoms with Gasteiger partial charge in [0.1, 0.15) is 5.82 Å². The number of methoxy groups -OCH3 is 1. The lowest BCUT2D eigenvalue weighted by Crippen LogP contribution is -2.55. The third kappa shape index (κ3) is 4.01. The van der Waals surface area contributed by atoms with Gasteiger partial charge in [-0.3, -0.25) is 9.59 Å². The standard InChI is InChI=1S/C19H24ClFN2O3/c1-26-10-9-22-12-19(7-5-17(22)24)6-2-8-23(13-19)18(25)14-3-4-16(21)15(20)11-14/h3-4,11H,2,5-10,12-13H2,1H3. The van der Waals surface area contributed by atoms with Crippen LogP contribution in [0, 0.1) is 11.2 Å². The number of amides is 2. The minimum absolute atomic E-state index is 0.0448. The Labute approximate surface area is 158 Å². The topological polar surface area (TPSA) is 49.9 Å². The van der Waals surface area contributed by atoms with Crippen molar-refractivity contribution < 1.29 is 18.7 Å². The third-order valence-corrected chi connectivity index (χ3v) is 5.72. The molecule has 0 radical (unpaired) electrons. The lowest BCUT2D eigenvalue weighted by Gasteiger charge is -2.48. The number of likely N-dealkylation sites (tertiary alicyclic amines) is 2. The van der Waals surface area contributed by atoms with Crippen LogP contribution in [0.3, 0.4) is 0 Å². The maximum absolute atomic E-state index is 13.4. The van der Waals surface area contributed by atoms with Gasteiger partial charge in [-0.1, -0.05) is 11.6 Å². The molecule has 1 spiro atoms. The quantitative estimate of drug-likeness (QED) is 0.804. The van der Waals surface area contributed by atoms with E-state index in [1.54, 1.807) is 7.11 Å². The molecule has 1 atom stereocenters. The van der Waals surface area contributed by atoms with E-state index in [1.165, 1.54) is 18.2 Å². The first kappa shape index (κ1) is 19.1. The van der Waals surface area contributed by atoms with E-state index >= 15 is 0 Å². The molecule has 2 aliphatic heterocycles. The Balaban J connectivity index is 1.72. The number of halogens is 2. The monoisotopic (exact) mass is 382 g/mol. The zero-order valence-electron chi connectivity index (χ0n) is 15.0. The van der Waals surface area contributed by atoms with Crippen molar-refractivity contribution in [3.05, 3.63) is 34.6 Å². The van der Waals surface area contributed by atoms with Crippen molar-refractivity contribution in [2.75, 3.05) is 39.9 Å². The van der Waals surface area contributed by atoms with Crippen LogP contribution in [0.5, 0.6) is 0 Å². The maximum atomic E-state index is 13.4. The largest absolute Gasteiger partial charge is 0.383 e. The Morgan fingerprint density at radius 3 is 2.88 bits per heavy atom. The van der Waals surface area contributed by atoms with Crippen LogP contribution in [0.15, 0.2) is 18.2 Å². The lowest BCUT2D eigenvalue weighted by molar-refractivity contribution is -0.139. The minimum Gasteiger partial charge on any atom is -0.383 e. The normalized spacial score (nSPS) is 23.6. The van der Waals surface area contributed by atoms with E-state index in [1.807, 2.05) is 9.80 Å². The highest BCUT2D eigenvalue weighted by molar-refractivity contribution is 6.31. The fourth-order valence-electron chi connectivity index (χ4n) is 4.03. The number of carbonyl (C=O) groups excluding carboxylic acids is 2. The summed E-state index contributed by atoms with van der Waals surface area (Å²) in [5, 5.41) is -0.0448. The molecule has 5 nitrogen and oxygen atoms in total. The number of hydrogen-bond donors (Lipinski definition) is 0. The highest BCUT2D eigenvalue weighted by atomic mass is 35.5. The molecule has 3 rings (SSSR count). The molecular formula is C19H24ClFN2O3. The Morgan fingerprint density at radius 1 is 1.35 bits per heavy atom. The summed E-state index contributed by atoms with van der Waals surface area (Å²) in [5.74, 6) is -0.509. The highest BCUT2D eigenvalue weighted by Crippen LogP contribution is 2.39. The van der Waals surface area contributed by atoms with Crippen molar-refractivity contribution in [3.8, 4) is 0 Å². The van der Waals surface area contributed by atoms with Gasteiger partial charge in [0.15, 0.2) is 0 Å². The van der Waals surface area contributed by atoms with Gasteiger partial charge in [0, 0.05) is 50.7 Å². The van der Waals surface area contributed by atoms with E-state index < -0.39 is 5.82 Å². The number of hydrogen-bond acceptors (Lipinski definition) is 3. The summed E-state index contributed by atoms with van der Waals surface area (Å²) in [6.45, 7) is 3.03. The SMILES string of the molecule is COCCN1CC2(CCCN(C(=O)c3ccc(F)c(Cl)c3)C2)CCC1=O. The summed E-state index contributed by atoms with van der Waals surface area (Å²) >= 11 is 5.82. The van der Waals surface area contributed by atoms with E-state index in [0.717, 1.165) is 19.3 Å². The van der Waals surface area contributed by atoms with E-state index in [9.17, 15) is 14.0 Å². The average Bonchev–Trinajstić information content (AvgIpc) is 2.64. The van der Waals surface area contributed by atoms with Crippen molar-refractivity contribution in [3.63, 3.8) is 0 Å². The van der Waals surface area contributed by atoms with Gasteiger partial charge in [0.25, 0.3) is 5.91 Å². The molecule has 1 unspecified atom stereocenters. The highest BCUT2D eigenvalue weighted by Gasteiger charge is 2.42. The lowest BCUT2D eigenvalue weighted by atomic mass is 9.73. The molecule has 0 aromatic heterocycles. The van der Waals surface area contributed by atoms with Crippen LogP contribution in [-0.2, 0) is 9.53 Å². The number of ether oxygens (including phenoxy) is 1. The molecule has 1 aromatic carbocycles. The fraction of sp³-hybridized carbons (Fsp3) is 0.579. The summed E-state index contributed by atoms with van der Waals surface area (Å²) in [5.41, 5.74) is 0.330. The maximum Gasteiger partial charge on any atom is 0.253 e. The summed E-state index contributed by atoms with van der Waals surface area (Å²) in [6, 6.07) is 4.08. The van der Waals surface area contributed by atoms with Crippen LogP contribution in [0.2, 0.25) is 5.02 Å². The first-order valence-electron chi connectivity index (χ1n) is 8.95. The molecule has 0 aliphatic carbocycles. The second-order valence-corrected chi connectivity index (χ2v) is 7.67. The van der Waals surface area contributed by atoms with E-state index in [-0.39, 0.29) is 22.3 Å². The van der Waals surface area contributed by atoms with Crippen molar-refractivity contribution in [1.82, 2.24) is 9.80 Å². The molecular weight excluding hydrogens is 359 g/mol. The molecule has 2 heterocycles. The van der Waals surface area contributed by atoms with Gasteiger partial charge >= 0.3 is 0 Å². The molecule has 7 heteroatoms.